The molecule has 4 nitrogen and oxygen atoms in total. The zero-order chi connectivity index (χ0) is 12.4. The molecule has 18 heavy (non-hydrogen) atoms. The smallest absolute Gasteiger partial charge is 0.243 e. The van der Waals surface area contributed by atoms with Crippen LogP contribution in [0.1, 0.15) is 32.6 Å². The Morgan fingerprint density at radius 3 is 2.67 bits per heavy atom. The molecule has 1 heterocycles. The molecule has 94 valence electrons. The van der Waals surface area contributed by atoms with Crippen LogP contribution in [0.15, 0.2) is 24.3 Å². The van der Waals surface area contributed by atoms with Gasteiger partial charge in [0.25, 0.3) is 0 Å². The average Bonchev–Trinajstić information content (AvgIpc) is 2.41. The van der Waals surface area contributed by atoms with E-state index in [2.05, 4.69) is 27.4 Å². The highest BCUT2D eigenvalue weighted by atomic mass is 15.2. The number of fused-ring (bicyclic) bond motifs is 1. The van der Waals surface area contributed by atoms with E-state index in [0.29, 0.717) is 17.9 Å². The highest BCUT2D eigenvalue weighted by Crippen LogP contribution is 2.25. The third kappa shape index (κ3) is 2.28. The molecule has 0 aliphatic heterocycles. The van der Waals surface area contributed by atoms with Crippen LogP contribution in [0.5, 0.6) is 0 Å². The number of benzene rings is 1. The summed E-state index contributed by atoms with van der Waals surface area (Å²) < 4.78 is 0. The number of para-hydroxylation sites is 1. The SMILES string of the molecule is CC1CCCCC1Nc1nnc2ccccc2n1. The zero-order valence-electron chi connectivity index (χ0n) is 10.6. The maximum Gasteiger partial charge on any atom is 0.243 e. The quantitative estimate of drug-likeness (QED) is 0.879. The van der Waals surface area contributed by atoms with Crippen molar-refractivity contribution in [3.8, 4) is 0 Å². The third-order valence-corrected chi connectivity index (χ3v) is 3.79. The fourth-order valence-electron chi connectivity index (χ4n) is 2.64. The van der Waals surface area contributed by atoms with Gasteiger partial charge in [0, 0.05) is 6.04 Å². The number of nitrogens with zero attached hydrogens (tertiary/aromatic N) is 3. The number of hydrogen-bond donors (Lipinski definition) is 1. The van der Waals surface area contributed by atoms with Crippen molar-refractivity contribution in [2.75, 3.05) is 5.32 Å². The first-order valence-electron chi connectivity index (χ1n) is 6.69. The van der Waals surface area contributed by atoms with Crippen LogP contribution in [0.25, 0.3) is 11.0 Å². The first kappa shape index (κ1) is 11.4. The number of hydrogen-bond acceptors (Lipinski definition) is 4. The van der Waals surface area contributed by atoms with E-state index in [1.807, 2.05) is 24.3 Å². The molecule has 2 atom stereocenters. The Balaban J connectivity index is 1.81. The summed E-state index contributed by atoms with van der Waals surface area (Å²) in [5, 5.41) is 11.8. The van der Waals surface area contributed by atoms with E-state index in [0.717, 1.165) is 11.0 Å². The van der Waals surface area contributed by atoms with E-state index < -0.39 is 0 Å². The standard InChI is InChI=1S/C14H18N4/c1-10-6-2-3-7-11(10)15-14-16-12-8-4-5-9-13(12)17-18-14/h4-5,8-11H,2-3,6-7H2,1H3,(H,15,16,18). The van der Waals surface area contributed by atoms with E-state index in [4.69, 9.17) is 0 Å². The number of rotatable bonds is 2. The molecule has 0 amide bonds. The van der Waals surface area contributed by atoms with Crippen molar-refractivity contribution in [2.45, 2.75) is 38.6 Å². The van der Waals surface area contributed by atoms with Crippen LogP contribution in [0, 0.1) is 5.92 Å². The summed E-state index contributed by atoms with van der Waals surface area (Å²) in [6.07, 6.45) is 5.13. The van der Waals surface area contributed by atoms with Gasteiger partial charge < -0.3 is 5.32 Å². The molecule has 3 rings (SSSR count). The molecule has 1 aliphatic rings. The molecule has 0 bridgehead atoms. The minimum Gasteiger partial charge on any atom is -0.350 e. The van der Waals surface area contributed by atoms with Crippen molar-refractivity contribution in [1.82, 2.24) is 15.2 Å². The van der Waals surface area contributed by atoms with Crippen molar-refractivity contribution < 1.29 is 0 Å². The molecule has 0 saturated heterocycles. The Hall–Kier alpha value is -1.71. The Labute approximate surface area is 107 Å². The monoisotopic (exact) mass is 242 g/mol. The lowest BCUT2D eigenvalue weighted by Crippen LogP contribution is -2.31. The molecular formula is C14H18N4. The van der Waals surface area contributed by atoms with Gasteiger partial charge in [-0.1, -0.05) is 31.9 Å². The summed E-state index contributed by atoms with van der Waals surface area (Å²) in [4.78, 5) is 4.52. The summed E-state index contributed by atoms with van der Waals surface area (Å²) in [7, 11) is 0. The third-order valence-electron chi connectivity index (χ3n) is 3.79. The fourth-order valence-corrected chi connectivity index (χ4v) is 2.64. The van der Waals surface area contributed by atoms with Crippen molar-refractivity contribution in [3.63, 3.8) is 0 Å². The van der Waals surface area contributed by atoms with Crippen molar-refractivity contribution in [1.29, 1.82) is 0 Å². The second-order valence-electron chi connectivity index (χ2n) is 5.14. The molecule has 1 N–H and O–H groups in total. The van der Waals surface area contributed by atoms with E-state index in [-0.39, 0.29) is 0 Å². The summed E-state index contributed by atoms with van der Waals surface area (Å²) in [5.74, 6) is 1.35. The molecule has 1 aromatic heterocycles. The van der Waals surface area contributed by atoms with E-state index in [1.165, 1.54) is 25.7 Å². The molecule has 0 radical (unpaired) electrons. The van der Waals surface area contributed by atoms with Crippen LogP contribution in [0.3, 0.4) is 0 Å². The van der Waals surface area contributed by atoms with Gasteiger partial charge in [-0.3, -0.25) is 0 Å². The van der Waals surface area contributed by atoms with E-state index in [1.54, 1.807) is 0 Å². The van der Waals surface area contributed by atoms with Crippen LogP contribution < -0.4 is 5.32 Å². The molecule has 1 aliphatic carbocycles. The van der Waals surface area contributed by atoms with Gasteiger partial charge in [0.15, 0.2) is 0 Å². The van der Waals surface area contributed by atoms with Gasteiger partial charge in [-0.15, -0.1) is 10.2 Å². The molecular weight excluding hydrogens is 224 g/mol. The average molecular weight is 242 g/mol. The van der Waals surface area contributed by atoms with Crippen LogP contribution >= 0.6 is 0 Å². The van der Waals surface area contributed by atoms with Crippen LogP contribution in [-0.2, 0) is 0 Å². The normalized spacial score (nSPS) is 24.1. The van der Waals surface area contributed by atoms with Crippen LogP contribution in [-0.4, -0.2) is 21.2 Å². The first-order chi connectivity index (χ1) is 8.83. The maximum absolute atomic E-state index is 4.52. The molecule has 2 aromatic rings. The molecule has 0 spiro atoms. The summed E-state index contributed by atoms with van der Waals surface area (Å²) >= 11 is 0. The number of aromatic nitrogens is 3. The Bertz CT molecular complexity index is 540. The molecule has 1 saturated carbocycles. The Morgan fingerprint density at radius 2 is 1.83 bits per heavy atom. The molecule has 1 fully saturated rings. The Morgan fingerprint density at radius 1 is 1.06 bits per heavy atom. The summed E-state index contributed by atoms with van der Waals surface area (Å²) in [6, 6.07) is 8.32. The second-order valence-corrected chi connectivity index (χ2v) is 5.14. The van der Waals surface area contributed by atoms with E-state index >= 15 is 0 Å². The predicted molar refractivity (Wildman–Crippen MR) is 72.4 cm³/mol. The minimum absolute atomic E-state index is 0.488. The number of nitrogens with one attached hydrogen (secondary N) is 1. The zero-order valence-corrected chi connectivity index (χ0v) is 10.6. The maximum atomic E-state index is 4.52. The van der Waals surface area contributed by atoms with Gasteiger partial charge >= 0.3 is 0 Å². The topological polar surface area (TPSA) is 50.7 Å². The summed E-state index contributed by atoms with van der Waals surface area (Å²) in [6.45, 7) is 2.30. The molecule has 4 heteroatoms. The first-order valence-corrected chi connectivity index (χ1v) is 6.69. The van der Waals surface area contributed by atoms with Crippen molar-refractivity contribution in [2.24, 2.45) is 5.92 Å². The van der Waals surface area contributed by atoms with E-state index in [9.17, 15) is 0 Å². The number of anilines is 1. The van der Waals surface area contributed by atoms with Gasteiger partial charge in [0.05, 0.1) is 5.52 Å². The van der Waals surface area contributed by atoms with Gasteiger partial charge in [0.2, 0.25) is 5.95 Å². The largest absolute Gasteiger partial charge is 0.350 e. The fraction of sp³-hybridized carbons (Fsp3) is 0.500. The second kappa shape index (κ2) is 4.88. The molecule has 2 unspecified atom stereocenters. The minimum atomic E-state index is 0.488. The highest BCUT2D eigenvalue weighted by Gasteiger charge is 2.21. The van der Waals surface area contributed by atoms with Gasteiger partial charge in [0.1, 0.15) is 5.52 Å². The Kier molecular flexibility index (Phi) is 3.09. The predicted octanol–water partition coefficient (Wildman–Crippen LogP) is 3.02. The van der Waals surface area contributed by atoms with Gasteiger partial charge in [-0.25, -0.2) is 4.98 Å². The van der Waals surface area contributed by atoms with Gasteiger partial charge in [-0.2, -0.15) is 0 Å². The lowest BCUT2D eigenvalue weighted by Gasteiger charge is -2.29. The van der Waals surface area contributed by atoms with Crippen LogP contribution in [0.2, 0.25) is 0 Å². The van der Waals surface area contributed by atoms with Crippen molar-refractivity contribution >= 4 is 17.0 Å². The lowest BCUT2D eigenvalue weighted by molar-refractivity contribution is 0.348. The van der Waals surface area contributed by atoms with Crippen molar-refractivity contribution in [3.05, 3.63) is 24.3 Å². The van der Waals surface area contributed by atoms with Gasteiger partial charge in [-0.05, 0) is 30.9 Å². The lowest BCUT2D eigenvalue weighted by atomic mass is 9.86. The summed E-state index contributed by atoms with van der Waals surface area (Å²) in [5.41, 5.74) is 1.75. The molecule has 1 aromatic carbocycles. The van der Waals surface area contributed by atoms with Crippen LogP contribution in [0.4, 0.5) is 5.95 Å². The highest BCUT2D eigenvalue weighted by molar-refractivity contribution is 5.74.